The van der Waals surface area contributed by atoms with Gasteiger partial charge in [0, 0.05) is 5.41 Å². The van der Waals surface area contributed by atoms with Gasteiger partial charge in [0.15, 0.2) is 0 Å². The Morgan fingerprint density at radius 1 is 0.750 bits per heavy atom. The molecule has 0 saturated heterocycles. The molecule has 1 heterocycles. The lowest BCUT2D eigenvalue weighted by Gasteiger charge is -2.28. The first kappa shape index (κ1) is 24.8. The highest BCUT2D eigenvalue weighted by molar-refractivity contribution is 6.15. The highest BCUT2D eigenvalue weighted by Gasteiger charge is 2.40. The third-order valence-corrected chi connectivity index (χ3v) is 9.18. The zero-order chi connectivity index (χ0) is 27.4. The Kier molecular flexibility index (Phi) is 5.86. The Morgan fingerprint density at radius 2 is 1.48 bits per heavy atom. The van der Waals surface area contributed by atoms with Crippen LogP contribution in [-0.2, 0) is 5.41 Å². The summed E-state index contributed by atoms with van der Waals surface area (Å²) >= 11 is 0. The van der Waals surface area contributed by atoms with E-state index in [-0.39, 0.29) is 11.5 Å². The Labute approximate surface area is 238 Å². The van der Waals surface area contributed by atoms with E-state index < -0.39 is 0 Å². The van der Waals surface area contributed by atoms with Crippen LogP contribution in [0, 0.1) is 13.8 Å². The van der Waals surface area contributed by atoms with E-state index in [9.17, 15) is 0 Å². The van der Waals surface area contributed by atoms with E-state index in [2.05, 4.69) is 137 Å². The van der Waals surface area contributed by atoms with E-state index in [0.717, 1.165) is 24.1 Å². The van der Waals surface area contributed by atoms with Crippen molar-refractivity contribution in [3.8, 4) is 11.1 Å². The summed E-state index contributed by atoms with van der Waals surface area (Å²) in [5, 5.41) is 0. The van der Waals surface area contributed by atoms with Crippen molar-refractivity contribution < 1.29 is 0 Å². The fourth-order valence-electron chi connectivity index (χ4n) is 7.19. The monoisotopic (exact) mass is 517 g/mol. The van der Waals surface area contributed by atoms with Gasteiger partial charge in [-0.1, -0.05) is 117 Å². The normalized spacial score (nSPS) is 18.9. The van der Waals surface area contributed by atoms with Crippen LogP contribution in [0.4, 0.5) is 0 Å². The van der Waals surface area contributed by atoms with Gasteiger partial charge >= 0.3 is 0 Å². The zero-order valence-electron chi connectivity index (χ0n) is 23.8. The van der Waals surface area contributed by atoms with Crippen molar-refractivity contribution in [1.29, 1.82) is 0 Å². The van der Waals surface area contributed by atoms with Crippen molar-refractivity contribution in [3.63, 3.8) is 0 Å². The van der Waals surface area contributed by atoms with Gasteiger partial charge in [-0.25, -0.2) is 0 Å². The van der Waals surface area contributed by atoms with Crippen molar-refractivity contribution in [2.45, 2.75) is 52.0 Å². The zero-order valence-corrected chi connectivity index (χ0v) is 23.8. The maximum Gasteiger partial charge on any atom is 0.102 e. The van der Waals surface area contributed by atoms with Gasteiger partial charge < -0.3 is 0 Å². The molecule has 2 aliphatic carbocycles. The molecule has 4 aromatic carbocycles. The highest BCUT2D eigenvalue weighted by atomic mass is 14.8. The van der Waals surface area contributed by atoms with Crippen molar-refractivity contribution in [2.75, 3.05) is 0 Å². The average molecular weight is 518 g/mol. The molecule has 0 aromatic heterocycles. The van der Waals surface area contributed by atoms with E-state index >= 15 is 0 Å². The van der Waals surface area contributed by atoms with Gasteiger partial charge in [-0.2, -0.15) is 0 Å². The molecular formula is C39H35N. The first-order chi connectivity index (χ1) is 19.4. The molecule has 0 spiro atoms. The number of aliphatic imine (C=N–C) groups is 1. The third-order valence-electron chi connectivity index (χ3n) is 9.18. The number of rotatable bonds is 4. The van der Waals surface area contributed by atoms with Gasteiger partial charge in [0.05, 0.1) is 5.71 Å². The minimum Gasteiger partial charge on any atom is -0.272 e. The summed E-state index contributed by atoms with van der Waals surface area (Å²) < 4.78 is 0. The fourth-order valence-corrected chi connectivity index (χ4v) is 7.19. The molecule has 0 bridgehead atoms. The van der Waals surface area contributed by atoms with E-state index in [1.54, 1.807) is 5.57 Å². The molecule has 0 N–H and O–H groups in total. The van der Waals surface area contributed by atoms with Gasteiger partial charge in [0.1, 0.15) is 6.04 Å². The number of fused-ring (bicyclic) bond motifs is 2. The summed E-state index contributed by atoms with van der Waals surface area (Å²) in [6.07, 6.45) is 9.29. The fraction of sp³-hybridized carbons (Fsp3) is 0.205. The minimum absolute atomic E-state index is 0.0214. The quantitative estimate of drug-likeness (QED) is 0.255. The van der Waals surface area contributed by atoms with E-state index in [4.69, 9.17) is 4.99 Å². The summed E-state index contributed by atoms with van der Waals surface area (Å²) in [5.74, 6) is 0. The molecule has 1 aliphatic heterocycles. The van der Waals surface area contributed by atoms with Gasteiger partial charge in [-0.05, 0) is 99.6 Å². The lowest BCUT2D eigenvalue weighted by molar-refractivity contribution is 0.652. The molecular weight excluding hydrogens is 482 g/mol. The van der Waals surface area contributed by atoms with Gasteiger partial charge in [0.2, 0.25) is 0 Å². The number of benzene rings is 4. The molecule has 1 unspecified atom stereocenters. The number of hydrogen-bond acceptors (Lipinski definition) is 1. The Morgan fingerprint density at radius 3 is 2.23 bits per heavy atom. The molecule has 7 rings (SSSR count). The van der Waals surface area contributed by atoms with Crippen molar-refractivity contribution in [2.24, 2.45) is 4.99 Å². The second kappa shape index (κ2) is 9.45. The maximum atomic E-state index is 5.37. The van der Waals surface area contributed by atoms with Crippen molar-refractivity contribution in [3.05, 3.63) is 154 Å². The van der Waals surface area contributed by atoms with E-state index in [0.29, 0.717) is 0 Å². The third kappa shape index (κ3) is 3.79. The molecule has 4 aromatic rings. The summed E-state index contributed by atoms with van der Waals surface area (Å²) in [7, 11) is 0. The van der Waals surface area contributed by atoms with Crippen LogP contribution < -0.4 is 0 Å². The summed E-state index contributed by atoms with van der Waals surface area (Å²) in [6.45, 7) is 9.41. The molecule has 0 saturated carbocycles. The Balaban J connectivity index is 1.40. The molecule has 3 aliphatic rings. The Hall–Kier alpha value is -4.23. The highest BCUT2D eigenvalue weighted by Crippen LogP contribution is 2.54. The van der Waals surface area contributed by atoms with Gasteiger partial charge in [-0.3, -0.25) is 4.99 Å². The standard InChI is InChI=1S/C39H35N/c1-25-22-23-32-31-18-11-12-21-34(31)39(3,4)37(32)36(25)29-19-13-20-30(26(29)2)38-33(27-14-7-5-8-15-27)24-35(40-38)28-16-9-6-10-17-28/h5-10,12-17,19-24,38H,11,18H2,1-4H3. The second-order valence-electron chi connectivity index (χ2n) is 11.9. The van der Waals surface area contributed by atoms with Gasteiger partial charge in [0.25, 0.3) is 0 Å². The number of nitrogens with zero attached hydrogens (tertiary/aromatic N) is 1. The number of allylic oxidation sites excluding steroid dienone is 5. The molecule has 196 valence electrons. The van der Waals surface area contributed by atoms with E-state index in [1.807, 2.05) is 0 Å². The van der Waals surface area contributed by atoms with Crippen LogP contribution in [0.25, 0.3) is 22.3 Å². The predicted octanol–water partition coefficient (Wildman–Crippen LogP) is 9.99. The largest absolute Gasteiger partial charge is 0.272 e. The topological polar surface area (TPSA) is 12.4 Å². The first-order valence-corrected chi connectivity index (χ1v) is 14.5. The number of hydrogen-bond donors (Lipinski definition) is 0. The lowest BCUT2D eigenvalue weighted by Crippen LogP contribution is -2.18. The molecule has 1 heteroatoms. The molecule has 0 fully saturated rings. The SMILES string of the molecule is Cc1ccc2c(c1-c1cccc(C3N=C(c4ccccc4)C=C3c3ccccc3)c1C)C(C)(C)C1=C2CCC=C1. The predicted molar refractivity (Wildman–Crippen MR) is 170 cm³/mol. The van der Waals surface area contributed by atoms with Gasteiger partial charge in [-0.15, -0.1) is 0 Å². The van der Waals surface area contributed by atoms with Crippen LogP contribution in [0.2, 0.25) is 0 Å². The average Bonchev–Trinajstić information content (AvgIpc) is 3.52. The van der Waals surface area contributed by atoms with Crippen LogP contribution in [0.5, 0.6) is 0 Å². The summed E-state index contributed by atoms with van der Waals surface area (Å²) in [5.41, 5.74) is 17.3. The number of aryl methyl sites for hydroxylation is 1. The maximum absolute atomic E-state index is 5.37. The first-order valence-electron chi connectivity index (χ1n) is 14.5. The van der Waals surface area contributed by atoms with Crippen LogP contribution in [0.3, 0.4) is 0 Å². The van der Waals surface area contributed by atoms with Crippen molar-refractivity contribution in [1.82, 2.24) is 0 Å². The van der Waals surface area contributed by atoms with Crippen LogP contribution in [0.15, 0.2) is 120 Å². The summed E-state index contributed by atoms with van der Waals surface area (Å²) in [6, 6.07) is 32.8. The minimum atomic E-state index is -0.0445. The van der Waals surface area contributed by atoms with Crippen LogP contribution in [-0.4, -0.2) is 5.71 Å². The van der Waals surface area contributed by atoms with Crippen LogP contribution >= 0.6 is 0 Å². The molecule has 40 heavy (non-hydrogen) atoms. The van der Waals surface area contributed by atoms with Crippen molar-refractivity contribution >= 4 is 16.9 Å². The smallest absolute Gasteiger partial charge is 0.102 e. The second-order valence-corrected chi connectivity index (χ2v) is 11.9. The summed E-state index contributed by atoms with van der Waals surface area (Å²) in [4.78, 5) is 5.37. The molecule has 0 amide bonds. The lowest BCUT2D eigenvalue weighted by atomic mass is 9.75. The molecule has 1 atom stereocenters. The molecule has 0 radical (unpaired) electrons. The van der Waals surface area contributed by atoms with E-state index in [1.165, 1.54) is 55.7 Å². The Bertz CT molecular complexity index is 1760. The molecule has 1 nitrogen and oxygen atoms in total. The van der Waals surface area contributed by atoms with Crippen LogP contribution in [0.1, 0.15) is 71.7 Å².